The molecule has 0 aromatic heterocycles. The molecule has 21 heavy (non-hydrogen) atoms. The Labute approximate surface area is 124 Å². The van der Waals surface area contributed by atoms with Crippen LogP contribution >= 0.6 is 0 Å². The summed E-state index contributed by atoms with van der Waals surface area (Å²) < 4.78 is 5.61. The van der Waals surface area contributed by atoms with Crippen LogP contribution in [0.25, 0.3) is 0 Å². The van der Waals surface area contributed by atoms with E-state index in [1.165, 1.54) is 0 Å². The van der Waals surface area contributed by atoms with Crippen LogP contribution in [0, 0.1) is 5.92 Å². The molecule has 5 heteroatoms. The lowest BCUT2D eigenvalue weighted by Crippen LogP contribution is -2.42. The molecule has 1 aromatic rings. The van der Waals surface area contributed by atoms with E-state index in [0.717, 1.165) is 17.7 Å². The predicted molar refractivity (Wildman–Crippen MR) is 78.3 cm³/mol. The first-order valence-electron chi connectivity index (χ1n) is 7.33. The van der Waals surface area contributed by atoms with Crippen LogP contribution in [-0.4, -0.2) is 41.6 Å². The maximum absolute atomic E-state index is 12.1. The lowest BCUT2D eigenvalue weighted by Gasteiger charge is -2.30. The maximum Gasteiger partial charge on any atom is 0.306 e. The highest BCUT2D eigenvalue weighted by Crippen LogP contribution is 2.20. The third kappa shape index (κ3) is 3.97. The molecular formula is C16H21NO4. The quantitative estimate of drug-likeness (QED) is 0.900. The number of amides is 1. The highest BCUT2D eigenvalue weighted by Gasteiger charge is 2.27. The van der Waals surface area contributed by atoms with E-state index in [-0.39, 0.29) is 18.4 Å². The largest absolute Gasteiger partial charge is 0.483 e. The van der Waals surface area contributed by atoms with Gasteiger partial charge in [-0.25, -0.2) is 0 Å². The summed E-state index contributed by atoms with van der Waals surface area (Å²) in [6.07, 6.45) is 1.90. The Morgan fingerprint density at radius 2 is 1.95 bits per heavy atom. The minimum atomic E-state index is -0.768. The molecule has 1 N–H and O–H groups in total. The van der Waals surface area contributed by atoms with Crippen LogP contribution < -0.4 is 4.74 Å². The molecule has 1 aliphatic rings. The van der Waals surface area contributed by atoms with Crippen LogP contribution in [-0.2, 0) is 16.0 Å². The summed E-state index contributed by atoms with van der Waals surface area (Å²) in [5, 5.41) is 8.94. The van der Waals surface area contributed by atoms with Crippen LogP contribution in [0.1, 0.15) is 25.3 Å². The van der Waals surface area contributed by atoms with Crippen molar-refractivity contribution in [2.75, 3.05) is 19.7 Å². The van der Waals surface area contributed by atoms with Gasteiger partial charge in [0.1, 0.15) is 5.75 Å². The molecule has 1 amide bonds. The summed E-state index contributed by atoms with van der Waals surface area (Å²) in [4.78, 5) is 24.7. The molecule has 0 aliphatic carbocycles. The van der Waals surface area contributed by atoms with Crippen molar-refractivity contribution in [3.63, 3.8) is 0 Å². The van der Waals surface area contributed by atoms with E-state index in [9.17, 15) is 9.59 Å². The fourth-order valence-electron chi connectivity index (χ4n) is 2.54. The molecule has 0 unspecified atom stereocenters. The van der Waals surface area contributed by atoms with E-state index in [4.69, 9.17) is 9.84 Å². The molecule has 1 fully saturated rings. The van der Waals surface area contributed by atoms with Crippen molar-refractivity contribution in [2.45, 2.75) is 26.2 Å². The molecule has 1 saturated heterocycles. The minimum Gasteiger partial charge on any atom is -0.483 e. The zero-order valence-corrected chi connectivity index (χ0v) is 12.2. The third-order valence-corrected chi connectivity index (χ3v) is 3.90. The van der Waals surface area contributed by atoms with Gasteiger partial charge in [-0.15, -0.1) is 0 Å². The minimum absolute atomic E-state index is 0.00868. The Kier molecular flexibility index (Phi) is 5.20. The molecule has 2 rings (SSSR count). The number of carboxylic acid groups (broad SMARTS) is 1. The number of nitrogens with zero attached hydrogens (tertiary/aromatic N) is 1. The molecule has 0 atom stereocenters. The molecule has 1 heterocycles. The van der Waals surface area contributed by atoms with Crippen molar-refractivity contribution in [3.05, 3.63) is 29.8 Å². The van der Waals surface area contributed by atoms with Crippen molar-refractivity contribution in [1.82, 2.24) is 4.90 Å². The summed E-state index contributed by atoms with van der Waals surface area (Å²) in [5.41, 5.74) is 1.08. The molecule has 0 bridgehead atoms. The summed E-state index contributed by atoms with van der Waals surface area (Å²) in [5.74, 6) is -0.426. The number of aryl methyl sites for hydroxylation is 1. The first-order chi connectivity index (χ1) is 10.1. The van der Waals surface area contributed by atoms with Gasteiger partial charge in [-0.2, -0.15) is 0 Å². The van der Waals surface area contributed by atoms with Gasteiger partial charge in [-0.1, -0.05) is 25.1 Å². The van der Waals surface area contributed by atoms with Crippen molar-refractivity contribution in [2.24, 2.45) is 5.92 Å². The second kappa shape index (κ2) is 7.11. The average molecular weight is 291 g/mol. The van der Waals surface area contributed by atoms with Gasteiger partial charge in [0.15, 0.2) is 6.61 Å². The second-order valence-electron chi connectivity index (χ2n) is 5.24. The number of likely N-dealkylation sites (tertiary alicyclic amines) is 1. The molecule has 0 saturated carbocycles. The first-order valence-corrected chi connectivity index (χ1v) is 7.33. The third-order valence-electron chi connectivity index (χ3n) is 3.90. The van der Waals surface area contributed by atoms with Crippen LogP contribution in [0.4, 0.5) is 0 Å². The molecular weight excluding hydrogens is 270 g/mol. The highest BCUT2D eigenvalue weighted by atomic mass is 16.5. The number of hydrogen-bond acceptors (Lipinski definition) is 3. The topological polar surface area (TPSA) is 66.8 Å². The summed E-state index contributed by atoms with van der Waals surface area (Å²) in [6.45, 7) is 3.04. The van der Waals surface area contributed by atoms with E-state index in [1.807, 2.05) is 31.2 Å². The number of rotatable bonds is 5. The van der Waals surface area contributed by atoms with Crippen LogP contribution in [0.15, 0.2) is 24.3 Å². The highest BCUT2D eigenvalue weighted by molar-refractivity contribution is 5.78. The van der Waals surface area contributed by atoms with Crippen molar-refractivity contribution < 1.29 is 19.4 Å². The predicted octanol–water partition coefficient (Wildman–Crippen LogP) is 1.95. The Hall–Kier alpha value is -2.04. The number of aliphatic carboxylic acids is 1. The smallest absolute Gasteiger partial charge is 0.306 e. The first kappa shape index (κ1) is 15.4. The number of piperidine rings is 1. The van der Waals surface area contributed by atoms with Crippen LogP contribution in [0.3, 0.4) is 0 Å². The van der Waals surface area contributed by atoms with E-state index in [2.05, 4.69) is 0 Å². The number of carboxylic acids is 1. The number of benzene rings is 1. The van der Waals surface area contributed by atoms with Gasteiger partial charge >= 0.3 is 5.97 Å². The van der Waals surface area contributed by atoms with E-state index >= 15 is 0 Å². The van der Waals surface area contributed by atoms with Gasteiger partial charge in [0, 0.05) is 13.1 Å². The van der Waals surface area contributed by atoms with Gasteiger partial charge in [0.2, 0.25) is 0 Å². The van der Waals surface area contributed by atoms with Gasteiger partial charge in [0.25, 0.3) is 5.91 Å². The van der Waals surface area contributed by atoms with E-state index in [0.29, 0.717) is 25.9 Å². The molecule has 1 aliphatic heterocycles. The molecule has 0 radical (unpaired) electrons. The van der Waals surface area contributed by atoms with Crippen molar-refractivity contribution >= 4 is 11.9 Å². The molecule has 1 aromatic carbocycles. The van der Waals surface area contributed by atoms with Gasteiger partial charge in [0.05, 0.1) is 5.92 Å². The lowest BCUT2D eigenvalue weighted by atomic mass is 9.97. The van der Waals surface area contributed by atoms with Gasteiger partial charge < -0.3 is 14.7 Å². The Morgan fingerprint density at radius 3 is 2.57 bits per heavy atom. The molecule has 5 nitrogen and oxygen atoms in total. The fourth-order valence-corrected chi connectivity index (χ4v) is 2.54. The van der Waals surface area contributed by atoms with E-state index < -0.39 is 5.97 Å². The second-order valence-corrected chi connectivity index (χ2v) is 5.24. The number of hydrogen-bond donors (Lipinski definition) is 1. The number of para-hydroxylation sites is 1. The molecule has 0 spiro atoms. The normalized spacial score (nSPS) is 15.8. The van der Waals surface area contributed by atoms with Crippen molar-refractivity contribution in [1.29, 1.82) is 0 Å². The summed E-state index contributed by atoms with van der Waals surface area (Å²) in [7, 11) is 0. The zero-order valence-electron chi connectivity index (χ0n) is 12.2. The Morgan fingerprint density at radius 1 is 1.29 bits per heavy atom. The van der Waals surface area contributed by atoms with E-state index in [1.54, 1.807) is 4.90 Å². The summed E-state index contributed by atoms with van der Waals surface area (Å²) >= 11 is 0. The number of carbonyl (C=O) groups is 2. The van der Waals surface area contributed by atoms with Crippen LogP contribution in [0.2, 0.25) is 0 Å². The average Bonchev–Trinajstić information content (AvgIpc) is 2.52. The zero-order chi connectivity index (χ0) is 15.2. The van der Waals surface area contributed by atoms with Gasteiger partial charge in [-0.3, -0.25) is 9.59 Å². The van der Waals surface area contributed by atoms with Crippen molar-refractivity contribution in [3.8, 4) is 5.75 Å². The fraction of sp³-hybridized carbons (Fsp3) is 0.500. The van der Waals surface area contributed by atoms with Crippen LogP contribution in [0.5, 0.6) is 5.75 Å². The number of ether oxygens (including phenoxy) is 1. The maximum atomic E-state index is 12.1. The monoisotopic (exact) mass is 291 g/mol. The number of carbonyl (C=O) groups excluding carboxylic acids is 1. The van der Waals surface area contributed by atoms with Gasteiger partial charge in [-0.05, 0) is 30.9 Å². The standard InChI is InChI=1S/C16H21NO4/c1-2-12-5-3-4-6-14(12)21-11-15(18)17-9-7-13(8-10-17)16(19)20/h3-6,13H,2,7-11H2,1H3,(H,19,20). The summed E-state index contributed by atoms with van der Waals surface area (Å²) in [6, 6.07) is 7.68. The molecule has 114 valence electrons. The Balaban J connectivity index is 1.84. The Bertz CT molecular complexity index is 507. The SMILES string of the molecule is CCc1ccccc1OCC(=O)N1CCC(C(=O)O)CC1. The lowest BCUT2D eigenvalue weighted by molar-refractivity contribution is -0.146.